The lowest BCUT2D eigenvalue weighted by atomic mass is 10.2. The van der Waals surface area contributed by atoms with Crippen LogP contribution in [0, 0.1) is 10.1 Å². The van der Waals surface area contributed by atoms with Gasteiger partial charge in [0.15, 0.2) is 11.5 Å². The summed E-state index contributed by atoms with van der Waals surface area (Å²) in [6.45, 7) is 0. The fourth-order valence-corrected chi connectivity index (χ4v) is 1.91. The Morgan fingerprint density at radius 1 is 1.29 bits per heavy atom. The highest BCUT2D eigenvalue weighted by molar-refractivity contribution is 9.10. The van der Waals surface area contributed by atoms with Crippen LogP contribution in [-0.4, -0.2) is 23.0 Å². The molecule has 0 saturated heterocycles. The van der Waals surface area contributed by atoms with Crippen molar-refractivity contribution in [1.82, 2.24) is 4.98 Å². The number of nitro groups is 1. The van der Waals surface area contributed by atoms with E-state index < -0.39 is 10.9 Å². The first-order valence-corrected chi connectivity index (χ1v) is 6.45. The molecule has 0 radical (unpaired) electrons. The van der Waals surface area contributed by atoms with Crippen molar-refractivity contribution in [2.24, 2.45) is 0 Å². The van der Waals surface area contributed by atoms with Crippen molar-refractivity contribution in [3.63, 3.8) is 0 Å². The summed E-state index contributed by atoms with van der Waals surface area (Å²) in [6, 6.07) is 5.28. The lowest BCUT2D eigenvalue weighted by Crippen LogP contribution is -2.10. The Labute approximate surface area is 127 Å². The van der Waals surface area contributed by atoms with Crippen molar-refractivity contribution in [1.29, 1.82) is 0 Å². The van der Waals surface area contributed by atoms with Gasteiger partial charge in [-0.1, -0.05) is 0 Å². The molecule has 0 unspecified atom stereocenters. The minimum atomic E-state index is -0.692. The standard InChI is InChI=1S/C13H9BrN2O5/c1-20-11-3-2-10(16(18)19)5-12(11)21-13(17)8-4-9(14)7-15-6-8/h2-7H,1H3. The smallest absolute Gasteiger partial charge is 0.345 e. The highest BCUT2D eigenvalue weighted by Gasteiger charge is 2.17. The van der Waals surface area contributed by atoms with E-state index in [1.807, 2.05) is 0 Å². The molecule has 0 spiro atoms. The number of esters is 1. The Bertz CT molecular complexity index is 705. The molecule has 0 bridgehead atoms. The number of nitro benzene ring substituents is 1. The highest BCUT2D eigenvalue weighted by Crippen LogP contribution is 2.31. The number of halogens is 1. The predicted molar refractivity (Wildman–Crippen MR) is 76.5 cm³/mol. The number of hydrogen-bond donors (Lipinski definition) is 0. The molecule has 108 valence electrons. The van der Waals surface area contributed by atoms with Crippen molar-refractivity contribution < 1.29 is 19.2 Å². The average Bonchev–Trinajstić information content (AvgIpc) is 2.47. The second-order valence-corrected chi connectivity index (χ2v) is 4.79. The van der Waals surface area contributed by atoms with Gasteiger partial charge in [0.1, 0.15) is 0 Å². The molecule has 2 aromatic rings. The number of carbonyl (C=O) groups excluding carboxylic acids is 1. The zero-order valence-electron chi connectivity index (χ0n) is 10.8. The summed E-state index contributed by atoms with van der Waals surface area (Å²) in [4.78, 5) is 26.0. The summed E-state index contributed by atoms with van der Waals surface area (Å²) < 4.78 is 10.8. The number of nitrogens with zero attached hydrogens (tertiary/aromatic N) is 2. The van der Waals surface area contributed by atoms with E-state index in [1.54, 1.807) is 0 Å². The van der Waals surface area contributed by atoms with E-state index in [0.29, 0.717) is 4.47 Å². The SMILES string of the molecule is COc1ccc([N+](=O)[O-])cc1OC(=O)c1cncc(Br)c1. The zero-order valence-corrected chi connectivity index (χ0v) is 12.4. The summed E-state index contributed by atoms with van der Waals surface area (Å²) in [6.07, 6.45) is 2.85. The van der Waals surface area contributed by atoms with Gasteiger partial charge >= 0.3 is 5.97 Å². The number of non-ortho nitro benzene ring substituents is 1. The van der Waals surface area contributed by atoms with E-state index in [1.165, 1.54) is 37.7 Å². The van der Waals surface area contributed by atoms with Crippen LogP contribution in [0.3, 0.4) is 0 Å². The van der Waals surface area contributed by atoms with Crippen LogP contribution >= 0.6 is 15.9 Å². The molecular weight excluding hydrogens is 344 g/mol. The van der Waals surface area contributed by atoms with Gasteiger partial charge in [-0.15, -0.1) is 0 Å². The quantitative estimate of drug-likeness (QED) is 0.363. The number of benzene rings is 1. The summed E-state index contributed by atoms with van der Waals surface area (Å²) in [5.74, 6) is -0.504. The van der Waals surface area contributed by atoms with E-state index >= 15 is 0 Å². The Hall–Kier alpha value is -2.48. The van der Waals surface area contributed by atoms with Gasteiger partial charge in [0.05, 0.1) is 23.7 Å². The first-order valence-electron chi connectivity index (χ1n) is 5.66. The molecule has 1 aromatic heterocycles. The monoisotopic (exact) mass is 352 g/mol. The topological polar surface area (TPSA) is 91.6 Å². The number of rotatable bonds is 4. The Morgan fingerprint density at radius 2 is 2.05 bits per heavy atom. The van der Waals surface area contributed by atoms with E-state index in [0.717, 1.165) is 6.07 Å². The van der Waals surface area contributed by atoms with Gasteiger partial charge < -0.3 is 9.47 Å². The zero-order chi connectivity index (χ0) is 15.4. The maximum atomic E-state index is 12.0. The normalized spacial score (nSPS) is 10.0. The van der Waals surface area contributed by atoms with E-state index in [-0.39, 0.29) is 22.7 Å². The molecule has 0 atom stereocenters. The van der Waals surface area contributed by atoms with Gasteiger partial charge in [-0.05, 0) is 28.1 Å². The van der Waals surface area contributed by atoms with Gasteiger partial charge in [0, 0.05) is 22.9 Å². The molecule has 0 aliphatic rings. The van der Waals surface area contributed by atoms with Crippen LogP contribution < -0.4 is 9.47 Å². The van der Waals surface area contributed by atoms with Crippen LogP contribution in [0.2, 0.25) is 0 Å². The number of carbonyl (C=O) groups is 1. The first-order chi connectivity index (χ1) is 10.0. The third-order valence-electron chi connectivity index (χ3n) is 2.50. The summed E-state index contributed by atoms with van der Waals surface area (Å²) in [7, 11) is 1.37. The van der Waals surface area contributed by atoms with Gasteiger partial charge in [-0.2, -0.15) is 0 Å². The molecule has 0 N–H and O–H groups in total. The summed E-state index contributed by atoms with van der Waals surface area (Å²) >= 11 is 3.19. The van der Waals surface area contributed by atoms with Crippen LogP contribution in [0.5, 0.6) is 11.5 Å². The average molecular weight is 353 g/mol. The molecule has 7 nitrogen and oxygen atoms in total. The molecule has 0 saturated carbocycles. The highest BCUT2D eigenvalue weighted by atomic mass is 79.9. The van der Waals surface area contributed by atoms with Gasteiger partial charge in [-0.25, -0.2) is 4.79 Å². The number of hydrogen-bond acceptors (Lipinski definition) is 6. The molecule has 1 heterocycles. The maximum Gasteiger partial charge on any atom is 0.345 e. The Balaban J connectivity index is 2.31. The van der Waals surface area contributed by atoms with Crippen molar-refractivity contribution in [2.45, 2.75) is 0 Å². The lowest BCUT2D eigenvalue weighted by Gasteiger charge is -2.08. The predicted octanol–water partition coefficient (Wildman–Crippen LogP) is 2.98. The minimum absolute atomic E-state index is 0.0309. The molecule has 2 rings (SSSR count). The van der Waals surface area contributed by atoms with Crippen molar-refractivity contribution in [3.05, 3.63) is 56.8 Å². The largest absolute Gasteiger partial charge is 0.493 e. The van der Waals surface area contributed by atoms with Crippen LogP contribution in [0.25, 0.3) is 0 Å². The second kappa shape index (κ2) is 6.31. The number of ether oxygens (including phenoxy) is 2. The van der Waals surface area contributed by atoms with Crippen LogP contribution in [0.15, 0.2) is 41.1 Å². The summed E-state index contributed by atoms with van der Waals surface area (Å²) in [5.41, 5.74) is 0.00361. The van der Waals surface area contributed by atoms with E-state index in [4.69, 9.17) is 9.47 Å². The number of methoxy groups -OCH3 is 1. The number of pyridine rings is 1. The molecule has 1 aromatic carbocycles. The van der Waals surface area contributed by atoms with E-state index in [9.17, 15) is 14.9 Å². The molecule has 0 aliphatic carbocycles. The minimum Gasteiger partial charge on any atom is -0.493 e. The van der Waals surface area contributed by atoms with Crippen LogP contribution in [0.4, 0.5) is 5.69 Å². The molecule has 0 aliphatic heterocycles. The lowest BCUT2D eigenvalue weighted by molar-refractivity contribution is -0.384. The molecule has 0 fully saturated rings. The molecular formula is C13H9BrN2O5. The van der Waals surface area contributed by atoms with Crippen LogP contribution in [0.1, 0.15) is 10.4 Å². The third kappa shape index (κ3) is 3.54. The first kappa shape index (κ1) is 14.9. The van der Waals surface area contributed by atoms with E-state index in [2.05, 4.69) is 20.9 Å². The van der Waals surface area contributed by atoms with Crippen molar-refractivity contribution >= 4 is 27.6 Å². The molecule has 0 amide bonds. The van der Waals surface area contributed by atoms with Crippen molar-refractivity contribution in [3.8, 4) is 11.5 Å². The molecule has 21 heavy (non-hydrogen) atoms. The second-order valence-electron chi connectivity index (χ2n) is 3.87. The van der Waals surface area contributed by atoms with Crippen molar-refractivity contribution in [2.75, 3.05) is 7.11 Å². The maximum absolute atomic E-state index is 12.0. The fourth-order valence-electron chi connectivity index (χ4n) is 1.54. The van der Waals surface area contributed by atoms with Gasteiger partial charge in [0.2, 0.25) is 0 Å². The van der Waals surface area contributed by atoms with Gasteiger partial charge in [-0.3, -0.25) is 15.1 Å². The Kier molecular flexibility index (Phi) is 4.49. The third-order valence-corrected chi connectivity index (χ3v) is 2.93. The van der Waals surface area contributed by atoms with Crippen LogP contribution in [-0.2, 0) is 0 Å². The molecule has 8 heteroatoms. The fraction of sp³-hybridized carbons (Fsp3) is 0.0769. The Morgan fingerprint density at radius 3 is 2.67 bits per heavy atom. The summed E-state index contributed by atoms with van der Waals surface area (Å²) in [5, 5.41) is 10.8. The number of aromatic nitrogens is 1. The van der Waals surface area contributed by atoms with Gasteiger partial charge in [0.25, 0.3) is 5.69 Å².